The maximum atomic E-state index is 14.9. The Morgan fingerprint density at radius 2 is 1.82 bits per heavy atom. The number of pyridine rings is 1. The largest absolute Gasteiger partial charge is 0.363 e. The fourth-order valence-corrected chi connectivity index (χ4v) is 6.23. The van der Waals surface area contributed by atoms with E-state index in [0.29, 0.717) is 40.4 Å². The molecule has 4 aromatic rings. The number of nitrogens with zero attached hydrogens (tertiary/aromatic N) is 6. The molecule has 0 radical (unpaired) electrons. The minimum atomic E-state index is -2.92. The van der Waals surface area contributed by atoms with Gasteiger partial charge in [0.25, 0.3) is 12.3 Å². The van der Waals surface area contributed by atoms with Gasteiger partial charge >= 0.3 is 0 Å². The van der Waals surface area contributed by atoms with Gasteiger partial charge in [-0.3, -0.25) is 4.79 Å². The molecule has 11 heteroatoms. The summed E-state index contributed by atoms with van der Waals surface area (Å²) in [4.78, 5) is 29.5. The van der Waals surface area contributed by atoms with Gasteiger partial charge in [0.05, 0.1) is 22.6 Å². The maximum absolute atomic E-state index is 14.9. The molecule has 2 aliphatic rings. The third kappa shape index (κ3) is 3.86. The van der Waals surface area contributed by atoms with Crippen molar-refractivity contribution in [1.29, 1.82) is 0 Å². The predicted octanol–water partition coefficient (Wildman–Crippen LogP) is 5.78. The van der Waals surface area contributed by atoms with Crippen molar-refractivity contribution < 1.29 is 18.0 Å². The number of likely N-dealkylation sites (tertiary alicyclic amines) is 1. The zero-order valence-electron chi connectivity index (χ0n) is 21.2. The molecule has 6 rings (SSSR count). The quantitative estimate of drug-likeness (QED) is 0.357. The molecular weight excluding hydrogens is 495 g/mol. The Bertz CT molecular complexity index is 1540. The molecule has 1 saturated heterocycles. The average Bonchev–Trinajstić information content (AvgIpc) is 3.65. The lowest BCUT2D eigenvalue weighted by Crippen LogP contribution is -2.45. The van der Waals surface area contributed by atoms with Crippen LogP contribution in [0, 0.1) is 12.7 Å². The van der Waals surface area contributed by atoms with Gasteiger partial charge < -0.3 is 10.2 Å². The number of hydrogen-bond acceptors (Lipinski definition) is 6. The Labute approximate surface area is 217 Å². The standard InChI is InChI=1S/C27H28F3N7O/c1-15(17-7-5-8-18(21(17)28)22(29)30)33-23-19-13-20(24-31-14-32-37(24)25(19)35-16(2)34-23)26(38)36-12-6-11-27(36)9-3-4-10-27/h5,7-8,13-15,22H,3-4,6,9-12H2,1-2H3,(H,33,34,35)/t15-/m1/s1. The van der Waals surface area contributed by atoms with E-state index in [-0.39, 0.29) is 17.0 Å². The zero-order valence-corrected chi connectivity index (χ0v) is 21.2. The lowest BCUT2D eigenvalue weighted by Gasteiger charge is -2.35. The summed E-state index contributed by atoms with van der Waals surface area (Å²) in [7, 11) is 0. The molecule has 1 aliphatic carbocycles. The van der Waals surface area contributed by atoms with Crippen LogP contribution in [0.25, 0.3) is 16.7 Å². The van der Waals surface area contributed by atoms with E-state index in [0.717, 1.165) is 44.6 Å². The topological polar surface area (TPSA) is 88.3 Å². The summed E-state index contributed by atoms with van der Waals surface area (Å²) in [6, 6.07) is 4.98. The summed E-state index contributed by atoms with van der Waals surface area (Å²) in [5.74, 6) is -0.276. The van der Waals surface area contributed by atoms with Gasteiger partial charge in [0, 0.05) is 17.6 Å². The Morgan fingerprint density at radius 3 is 2.58 bits per heavy atom. The van der Waals surface area contributed by atoms with Crippen LogP contribution in [0.4, 0.5) is 19.0 Å². The molecule has 1 aromatic carbocycles. The fraction of sp³-hybridized carbons (Fsp3) is 0.444. The number of amides is 1. The van der Waals surface area contributed by atoms with Gasteiger partial charge in [-0.05, 0) is 45.6 Å². The number of halogens is 3. The smallest absolute Gasteiger partial charge is 0.266 e. The van der Waals surface area contributed by atoms with E-state index in [2.05, 4.69) is 25.4 Å². The number of aryl methyl sites for hydroxylation is 1. The number of carbonyl (C=O) groups excluding carboxylic acids is 1. The number of alkyl halides is 2. The van der Waals surface area contributed by atoms with Gasteiger partial charge in [0.15, 0.2) is 11.3 Å². The summed E-state index contributed by atoms with van der Waals surface area (Å²) in [6.07, 6.45) is 4.68. The molecule has 1 amide bonds. The molecule has 198 valence electrons. The second kappa shape index (κ2) is 9.21. The molecular formula is C27H28F3N7O. The fourth-order valence-electron chi connectivity index (χ4n) is 6.23. The second-order valence-electron chi connectivity index (χ2n) is 10.3. The SMILES string of the molecule is Cc1nc(N[C@H](C)c2cccc(C(F)F)c2F)c2cc(C(=O)N3CCCC34CCCC4)c3ncnn3c2n1. The van der Waals surface area contributed by atoms with Crippen molar-refractivity contribution in [1.82, 2.24) is 29.5 Å². The zero-order chi connectivity index (χ0) is 26.6. The Balaban J connectivity index is 1.45. The van der Waals surface area contributed by atoms with Gasteiger partial charge in [0.2, 0.25) is 0 Å². The van der Waals surface area contributed by atoms with E-state index in [1.165, 1.54) is 23.0 Å². The van der Waals surface area contributed by atoms with Crippen LogP contribution < -0.4 is 5.32 Å². The second-order valence-corrected chi connectivity index (χ2v) is 10.3. The van der Waals surface area contributed by atoms with Crippen LogP contribution in [0.1, 0.15) is 85.2 Å². The molecule has 1 atom stereocenters. The summed E-state index contributed by atoms with van der Waals surface area (Å²) >= 11 is 0. The molecule has 38 heavy (non-hydrogen) atoms. The third-order valence-electron chi connectivity index (χ3n) is 8.03. The van der Waals surface area contributed by atoms with Gasteiger partial charge in [0.1, 0.15) is 23.8 Å². The van der Waals surface area contributed by atoms with Gasteiger partial charge in [-0.1, -0.05) is 31.0 Å². The van der Waals surface area contributed by atoms with Crippen LogP contribution in [0.5, 0.6) is 0 Å². The van der Waals surface area contributed by atoms with Crippen LogP contribution >= 0.6 is 0 Å². The van der Waals surface area contributed by atoms with Gasteiger partial charge in [-0.15, -0.1) is 0 Å². The van der Waals surface area contributed by atoms with Crippen LogP contribution in [0.2, 0.25) is 0 Å². The van der Waals surface area contributed by atoms with Crippen LogP contribution in [0.15, 0.2) is 30.6 Å². The minimum absolute atomic E-state index is 0.0885. The number of anilines is 1. The van der Waals surface area contributed by atoms with Crippen molar-refractivity contribution in [2.75, 3.05) is 11.9 Å². The van der Waals surface area contributed by atoms with E-state index >= 15 is 0 Å². The average molecular weight is 524 g/mol. The third-order valence-corrected chi connectivity index (χ3v) is 8.03. The normalized spacial score (nSPS) is 17.8. The highest BCUT2D eigenvalue weighted by atomic mass is 19.3. The van der Waals surface area contributed by atoms with Gasteiger partial charge in [-0.2, -0.15) is 9.61 Å². The van der Waals surface area contributed by atoms with Crippen molar-refractivity contribution in [2.24, 2.45) is 0 Å². The summed E-state index contributed by atoms with van der Waals surface area (Å²) in [5, 5.41) is 8.02. The van der Waals surface area contributed by atoms with E-state index < -0.39 is 23.8 Å². The summed E-state index contributed by atoms with van der Waals surface area (Å²) in [5.41, 5.74) is 0.590. The molecule has 1 spiro atoms. The Morgan fingerprint density at radius 1 is 1.08 bits per heavy atom. The highest BCUT2D eigenvalue weighted by Gasteiger charge is 2.46. The Kier molecular flexibility index (Phi) is 5.96. The number of nitrogens with one attached hydrogen (secondary N) is 1. The molecule has 0 unspecified atom stereocenters. The van der Waals surface area contributed by atoms with E-state index in [4.69, 9.17) is 0 Å². The molecule has 1 aliphatic heterocycles. The van der Waals surface area contributed by atoms with Crippen LogP contribution in [0.3, 0.4) is 0 Å². The number of fused-ring (bicyclic) bond motifs is 3. The molecule has 3 aromatic heterocycles. The van der Waals surface area contributed by atoms with Crippen molar-refractivity contribution in [3.63, 3.8) is 0 Å². The lowest BCUT2D eigenvalue weighted by molar-refractivity contribution is 0.0605. The first-order chi connectivity index (χ1) is 18.3. The molecule has 1 saturated carbocycles. The number of rotatable bonds is 5. The van der Waals surface area contributed by atoms with E-state index in [1.807, 2.05) is 4.90 Å². The van der Waals surface area contributed by atoms with Crippen LogP contribution in [-0.4, -0.2) is 47.5 Å². The molecule has 1 N–H and O–H groups in total. The molecule has 2 fully saturated rings. The highest BCUT2D eigenvalue weighted by Crippen LogP contribution is 2.44. The van der Waals surface area contributed by atoms with Gasteiger partial charge in [-0.25, -0.2) is 28.1 Å². The lowest BCUT2D eigenvalue weighted by atomic mass is 9.93. The Hall–Kier alpha value is -3.76. The van der Waals surface area contributed by atoms with Crippen LogP contribution in [-0.2, 0) is 0 Å². The number of hydrogen-bond donors (Lipinski definition) is 1. The van der Waals surface area contributed by atoms with Crippen molar-refractivity contribution in [2.45, 2.75) is 70.4 Å². The summed E-state index contributed by atoms with van der Waals surface area (Å²) < 4.78 is 43.0. The number of benzene rings is 1. The summed E-state index contributed by atoms with van der Waals surface area (Å²) in [6.45, 7) is 4.08. The number of aromatic nitrogens is 5. The minimum Gasteiger partial charge on any atom is -0.363 e. The first-order valence-corrected chi connectivity index (χ1v) is 13.0. The van der Waals surface area contributed by atoms with Crippen molar-refractivity contribution in [3.05, 3.63) is 58.9 Å². The first-order valence-electron chi connectivity index (χ1n) is 13.0. The van der Waals surface area contributed by atoms with E-state index in [1.54, 1.807) is 19.9 Å². The predicted molar refractivity (Wildman–Crippen MR) is 136 cm³/mol. The number of carbonyl (C=O) groups is 1. The molecule has 0 bridgehead atoms. The highest BCUT2D eigenvalue weighted by molar-refractivity contribution is 6.05. The van der Waals surface area contributed by atoms with Crippen molar-refractivity contribution >= 4 is 28.4 Å². The molecule has 8 nitrogen and oxygen atoms in total. The monoisotopic (exact) mass is 523 g/mol. The maximum Gasteiger partial charge on any atom is 0.266 e. The first kappa shape index (κ1) is 24.6. The van der Waals surface area contributed by atoms with Crippen molar-refractivity contribution in [3.8, 4) is 0 Å². The molecule has 4 heterocycles. The van der Waals surface area contributed by atoms with E-state index in [9.17, 15) is 18.0 Å².